The minimum atomic E-state index is -3.42. The molecule has 0 radical (unpaired) electrons. The number of thioether (sulfide) groups is 1. The van der Waals surface area contributed by atoms with Crippen LogP contribution < -0.4 is 0 Å². The lowest BCUT2D eigenvalue weighted by atomic mass is 10.4. The fraction of sp³-hybridized carbons (Fsp3) is 0.667. The molecule has 7 heteroatoms. The van der Waals surface area contributed by atoms with Crippen LogP contribution in [0.5, 0.6) is 0 Å². The van der Waals surface area contributed by atoms with Crippen molar-refractivity contribution in [2.75, 3.05) is 19.1 Å². The van der Waals surface area contributed by atoms with Crippen molar-refractivity contribution < 1.29 is 8.42 Å². The molecule has 0 amide bonds. The number of nitrogens with one attached hydrogen (secondary N) is 1. The highest BCUT2D eigenvalue weighted by Gasteiger charge is 2.27. The Kier molecular flexibility index (Phi) is 4.40. The van der Waals surface area contributed by atoms with Gasteiger partial charge in [-0.3, -0.25) is 5.10 Å². The molecule has 1 rings (SSSR count). The second kappa shape index (κ2) is 5.20. The van der Waals surface area contributed by atoms with Crippen molar-refractivity contribution in [1.82, 2.24) is 14.5 Å². The Morgan fingerprint density at radius 1 is 1.62 bits per heavy atom. The molecule has 0 aliphatic rings. The maximum atomic E-state index is 12.2. The number of H-pyrrole nitrogens is 1. The van der Waals surface area contributed by atoms with Gasteiger partial charge in [0.1, 0.15) is 4.90 Å². The molecule has 0 saturated carbocycles. The molecule has 0 fully saturated rings. The molecule has 1 N–H and O–H groups in total. The molecule has 92 valence electrons. The summed E-state index contributed by atoms with van der Waals surface area (Å²) < 4.78 is 25.8. The van der Waals surface area contributed by atoms with Gasteiger partial charge in [-0.1, -0.05) is 0 Å². The molecule has 1 aromatic rings. The van der Waals surface area contributed by atoms with E-state index in [0.29, 0.717) is 5.69 Å². The zero-order valence-electron chi connectivity index (χ0n) is 9.89. The van der Waals surface area contributed by atoms with Gasteiger partial charge in [-0.2, -0.15) is 21.2 Å². The summed E-state index contributed by atoms with van der Waals surface area (Å²) in [6.45, 7) is 3.59. The third-order valence-electron chi connectivity index (χ3n) is 2.47. The normalized spacial score (nSPS) is 14.3. The Bertz CT molecular complexity index is 441. The molecule has 0 aliphatic carbocycles. The highest BCUT2D eigenvalue weighted by atomic mass is 32.2. The lowest BCUT2D eigenvalue weighted by Gasteiger charge is -2.23. The fourth-order valence-corrected chi connectivity index (χ4v) is 3.62. The highest BCUT2D eigenvalue weighted by Crippen LogP contribution is 2.19. The van der Waals surface area contributed by atoms with Crippen molar-refractivity contribution in [2.45, 2.75) is 24.8 Å². The zero-order valence-corrected chi connectivity index (χ0v) is 11.5. The number of aromatic nitrogens is 2. The maximum absolute atomic E-state index is 12.2. The highest BCUT2D eigenvalue weighted by molar-refractivity contribution is 7.98. The van der Waals surface area contributed by atoms with Crippen LogP contribution in [0.3, 0.4) is 0 Å². The average Bonchev–Trinajstić information content (AvgIpc) is 2.64. The van der Waals surface area contributed by atoms with Gasteiger partial charge >= 0.3 is 0 Å². The molecule has 0 aliphatic heterocycles. The van der Waals surface area contributed by atoms with E-state index in [1.54, 1.807) is 25.7 Å². The Morgan fingerprint density at radius 2 is 2.25 bits per heavy atom. The van der Waals surface area contributed by atoms with Crippen molar-refractivity contribution in [3.05, 3.63) is 11.9 Å². The predicted octanol–water partition coefficient (Wildman–Crippen LogP) is 1.09. The van der Waals surface area contributed by atoms with Crippen LogP contribution in [0.1, 0.15) is 12.6 Å². The summed E-state index contributed by atoms with van der Waals surface area (Å²) in [6.07, 6.45) is 3.31. The van der Waals surface area contributed by atoms with Crippen molar-refractivity contribution >= 4 is 21.8 Å². The van der Waals surface area contributed by atoms with E-state index in [-0.39, 0.29) is 10.9 Å². The largest absolute Gasteiger partial charge is 0.281 e. The first-order chi connectivity index (χ1) is 7.41. The van der Waals surface area contributed by atoms with Crippen LogP contribution in [0.15, 0.2) is 11.1 Å². The van der Waals surface area contributed by atoms with Gasteiger partial charge in [0.15, 0.2) is 0 Å². The Labute approximate surface area is 101 Å². The molecule has 16 heavy (non-hydrogen) atoms. The number of hydrogen-bond acceptors (Lipinski definition) is 4. The van der Waals surface area contributed by atoms with E-state index in [9.17, 15) is 8.42 Å². The molecule has 1 aromatic heterocycles. The van der Waals surface area contributed by atoms with Crippen LogP contribution in [-0.2, 0) is 10.0 Å². The summed E-state index contributed by atoms with van der Waals surface area (Å²) in [4.78, 5) is 0.253. The topological polar surface area (TPSA) is 66.1 Å². The second-order valence-electron chi connectivity index (χ2n) is 3.68. The van der Waals surface area contributed by atoms with Crippen molar-refractivity contribution in [1.29, 1.82) is 0 Å². The summed E-state index contributed by atoms with van der Waals surface area (Å²) in [5.41, 5.74) is 0.572. The monoisotopic (exact) mass is 263 g/mol. The van der Waals surface area contributed by atoms with Gasteiger partial charge in [0, 0.05) is 18.8 Å². The summed E-state index contributed by atoms with van der Waals surface area (Å²) in [5.74, 6) is 0.770. The number of aromatic amines is 1. The van der Waals surface area contributed by atoms with Crippen LogP contribution in [0.25, 0.3) is 0 Å². The van der Waals surface area contributed by atoms with E-state index in [4.69, 9.17) is 0 Å². The first kappa shape index (κ1) is 13.5. The van der Waals surface area contributed by atoms with Crippen molar-refractivity contribution in [3.8, 4) is 0 Å². The van der Waals surface area contributed by atoms with Gasteiger partial charge in [0.05, 0.1) is 11.9 Å². The lowest BCUT2D eigenvalue weighted by molar-refractivity contribution is 0.415. The third-order valence-corrected chi connectivity index (χ3v) is 5.37. The summed E-state index contributed by atoms with van der Waals surface area (Å²) in [6, 6.07) is -0.0331. The molecular weight excluding hydrogens is 246 g/mol. The first-order valence-electron chi connectivity index (χ1n) is 4.88. The smallest absolute Gasteiger partial charge is 0.246 e. The molecule has 0 aromatic carbocycles. The minimum Gasteiger partial charge on any atom is -0.281 e. The molecular formula is C9H17N3O2S2. The van der Waals surface area contributed by atoms with E-state index in [1.807, 2.05) is 13.2 Å². The van der Waals surface area contributed by atoms with Gasteiger partial charge in [-0.05, 0) is 20.1 Å². The SMILES string of the molecule is CSCC(C)N(C)S(=O)(=O)c1cn[nH]c1C. The number of nitrogens with zero attached hydrogens (tertiary/aromatic N) is 2. The Morgan fingerprint density at radius 3 is 2.69 bits per heavy atom. The number of aryl methyl sites for hydroxylation is 1. The third kappa shape index (κ3) is 2.58. The lowest BCUT2D eigenvalue weighted by Crippen LogP contribution is -2.36. The zero-order chi connectivity index (χ0) is 12.3. The summed E-state index contributed by atoms with van der Waals surface area (Å²) in [7, 11) is -1.82. The van der Waals surface area contributed by atoms with Crippen LogP contribution in [0.4, 0.5) is 0 Å². The van der Waals surface area contributed by atoms with E-state index < -0.39 is 10.0 Å². The Hall–Kier alpha value is -0.530. The number of hydrogen-bond donors (Lipinski definition) is 1. The minimum absolute atomic E-state index is 0.0331. The fourth-order valence-electron chi connectivity index (χ4n) is 1.34. The summed E-state index contributed by atoms with van der Waals surface area (Å²) in [5, 5.41) is 6.38. The molecule has 0 bridgehead atoms. The average molecular weight is 263 g/mol. The van der Waals surface area contributed by atoms with Crippen LogP contribution in [0.2, 0.25) is 0 Å². The van der Waals surface area contributed by atoms with Crippen LogP contribution in [0, 0.1) is 6.92 Å². The van der Waals surface area contributed by atoms with Crippen LogP contribution >= 0.6 is 11.8 Å². The van der Waals surface area contributed by atoms with Gasteiger partial charge in [0.25, 0.3) is 0 Å². The van der Waals surface area contributed by atoms with E-state index in [0.717, 1.165) is 5.75 Å². The molecule has 1 unspecified atom stereocenters. The Balaban J connectivity index is 2.99. The quantitative estimate of drug-likeness (QED) is 0.863. The van der Waals surface area contributed by atoms with E-state index in [1.165, 1.54) is 10.5 Å². The summed E-state index contributed by atoms with van der Waals surface area (Å²) >= 11 is 1.63. The van der Waals surface area contributed by atoms with Gasteiger partial charge < -0.3 is 0 Å². The van der Waals surface area contributed by atoms with Crippen molar-refractivity contribution in [2.24, 2.45) is 0 Å². The van der Waals surface area contributed by atoms with Gasteiger partial charge in [-0.25, -0.2) is 8.42 Å². The van der Waals surface area contributed by atoms with Crippen molar-refractivity contribution in [3.63, 3.8) is 0 Å². The molecule has 1 atom stereocenters. The van der Waals surface area contributed by atoms with E-state index in [2.05, 4.69) is 10.2 Å². The van der Waals surface area contributed by atoms with Crippen LogP contribution in [-0.4, -0.2) is 48.0 Å². The molecule has 5 nitrogen and oxygen atoms in total. The van der Waals surface area contributed by atoms with Gasteiger partial charge in [0.2, 0.25) is 10.0 Å². The molecule has 0 saturated heterocycles. The standard InChI is InChI=1S/C9H17N3O2S2/c1-7(6-15-4)12(3)16(13,14)9-5-10-11-8(9)2/h5,7H,6H2,1-4H3,(H,10,11). The van der Waals surface area contributed by atoms with E-state index >= 15 is 0 Å². The number of sulfonamides is 1. The molecule has 1 heterocycles. The number of rotatable bonds is 5. The maximum Gasteiger partial charge on any atom is 0.246 e. The first-order valence-corrected chi connectivity index (χ1v) is 7.71. The predicted molar refractivity (Wildman–Crippen MR) is 66.1 cm³/mol. The molecule has 0 spiro atoms. The second-order valence-corrected chi connectivity index (χ2v) is 6.56. The van der Waals surface area contributed by atoms with Gasteiger partial charge in [-0.15, -0.1) is 0 Å².